The molecule has 2 unspecified atom stereocenters. The van der Waals surface area contributed by atoms with E-state index in [1.54, 1.807) is 0 Å². The first-order valence-corrected chi connectivity index (χ1v) is 14.5. The highest BCUT2D eigenvalue weighted by molar-refractivity contribution is 5.98. The predicted molar refractivity (Wildman–Crippen MR) is 166 cm³/mol. The molecule has 5 rings (SSSR count). The van der Waals surface area contributed by atoms with Crippen molar-refractivity contribution in [2.45, 2.75) is 51.1 Å². The zero-order valence-electron chi connectivity index (χ0n) is 24.5. The highest BCUT2D eigenvalue weighted by atomic mass is 16.2. The molecule has 3 aromatic carbocycles. The molecule has 1 aliphatic heterocycles. The molecule has 1 fully saturated rings. The largest absolute Gasteiger partial charge is 0.361 e. The first-order valence-electron chi connectivity index (χ1n) is 14.5. The number of hydrogen-bond donors (Lipinski definition) is 3. The quantitative estimate of drug-likeness (QED) is 0.243. The Morgan fingerprint density at radius 1 is 1.00 bits per heavy atom. The molecule has 0 radical (unpaired) electrons. The molecule has 0 aliphatic carbocycles. The Balaban J connectivity index is 1.33. The van der Waals surface area contributed by atoms with Gasteiger partial charge in [-0.05, 0) is 74.7 Å². The van der Waals surface area contributed by atoms with Crippen molar-refractivity contribution >= 4 is 28.5 Å². The minimum absolute atomic E-state index is 0.194. The van der Waals surface area contributed by atoms with Crippen molar-refractivity contribution < 1.29 is 9.59 Å². The van der Waals surface area contributed by atoms with Crippen LogP contribution in [0.1, 0.15) is 53.9 Å². The van der Waals surface area contributed by atoms with Crippen LogP contribution >= 0.6 is 0 Å². The molecular weight excluding hydrogens is 510 g/mol. The summed E-state index contributed by atoms with van der Waals surface area (Å²) in [5.74, 6) is -0.0460. The van der Waals surface area contributed by atoms with Gasteiger partial charge in [-0.25, -0.2) is 4.79 Å². The molecular formula is C34H41N5O2. The second-order valence-corrected chi connectivity index (χ2v) is 11.6. The Kier molecular flexibility index (Phi) is 8.74. The van der Waals surface area contributed by atoms with E-state index in [9.17, 15) is 9.59 Å². The highest BCUT2D eigenvalue weighted by Crippen LogP contribution is 2.30. The van der Waals surface area contributed by atoms with Crippen molar-refractivity contribution in [1.29, 1.82) is 0 Å². The average molecular weight is 552 g/mol. The summed E-state index contributed by atoms with van der Waals surface area (Å²) in [5, 5.41) is 7.27. The lowest BCUT2D eigenvalue weighted by Crippen LogP contribution is -2.53. The second-order valence-electron chi connectivity index (χ2n) is 11.6. The van der Waals surface area contributed by atoms with E-state index >= 15 is 0 Å². The number of urea groups is 1. The van der Waals surface area contributed by atoms with Crippen LogP contribution in [0.2, 0.25) is 0 Å². The number of fused-ring (bicyclic) bond motifs is 1. The first kappa shape index (κ1) is 28.4. The Labute approximate surface area is 242 Å². The zero-order chi connectivity index (χ0) is 28.9. The van der Waals surface area contributed by atoms with Gasteiger partial charge < -0.3 is 25.4 Å². The maximum atomic E-state index is 13.8. The number of likely N-dealkylation sites (tertiary alicyclic amines) is 1. The molecule has 3 amide bonds. The average Bonchev–Trinajstić information content (AvgIpc) is 3.39. The topological polar surface area (TPSA) is 80.5 Å². The van der Waals surface area contributed by atoms with Gasteiger partial charge in [0, 0.05) is 48.3 Å². The van der Waals surface area contributed by atoms with Crippen LogP contribution in [0.3, 0.4) is 0 Å². The Bertz CT molecular complexity index is 1500. The van der Waals surface area contributed by atoms with Gasteiger partial charge in [-0.15, -0.1) is 0 Å². The van der Waals surface area contributed by atoms with Gasteiger partial charge in [0.25, 0.3) is 0 Å². The molecule has 2 heterocycles. The van der Waals surface area contributed by atoms with Crippen LogP contribution in [0.5, 0.6) is 0 Å². The molecule has 3 N–H and O–H groups in total. The molecule has 214 valence electrons. The molecule has 0 bridgehead atoms. The number of hydrogen-bond acceptors (Lipinski definition) is 3. The van der Waals surface area contributed by atoms with Crippen LogP contribution in [-0.2, 0) is 11.3 Å². The third-order valence-corrected chi connectivity index (χ3v) is 8.16. The fourth-order valence-electron chi connectivity index (χ4n) is 5.96. The van der Waals surface area contributed by atoms with Crippen molar-refractivity contribution in [2.24, 2.45) is 0 Å². The number of amides is 3. The summed E-state index contributed by atoms with van der Waals surface area (Å²) in [6, 6.07) is 23.6. The number of carbonyl (C=O) groups is 2. The molecule has 0 spiro atoms. The van der Waals surface area contributed by atoms with Crippen LogP contribution in [0.25, 0.3) is 10.9 Å². The van der Waals surface area contributed by atoms with E-state index in [0.717, 1.165) is 47.1 Å². The summed E-state index contributed by atoms with van der Waals surface area (Å²) in [6.07, 6.45) is 3.77. The summed E-state index contributed by atoms with van der Waals surface area (Å²) < 4.78 is 0. The lowest BCUT2D eigenvalue weighted by molar-refractivity contribution is -0.118. The maximum absolute atomic E-state index is 13.8. The minimum Gasteiger partial charge on any atom is -0.361 e. The van der Waals surface area contributed by atoms with E-state index in [0.29, 0.717) is 19.0 Å². The molecule has 7 nitrogen and oxygen atoms in total. The van der Waals surface area contributed by atoms with Gasteiger partial charge in [0.2, 0.25) is 5.91 Å². The monoisotopic (exact) mass is 551 g/mol. The van der Waals surface area contributed by atoms with E-state index in [1.165, 1.54) is 11.1 Å². The number of para-hydroxylation sites is 1. The number of aromatic nitrogens is 1. The van der Waals surface area contributed by atoms with Crippen molar-refractivity contribution in [1.82, 2.24) is 20.1 Å². The SMILES string of the molecule is Cc1cccc(C2CCN(C(=O)NC(C(=O)Nc3cccc(CN(C)C)c3)C(C)c3c[nH]c4ccccc34)CC2)c1. The summed E-state index contributed by atoms with van der Waals surface area (Å²) in [4.78, 5) is 34.7. The minimum atomic E-state index is -0.756. The van der Waals surface area contributed by atoms with Gasteiger partial charge in [-0.2, -0.15) is 0 Å². The number of aryl methyl sites for hydroxylation is 1. The van der Waals surface area contributed by atoms with Crippen molar-refractivity contribution in [3.8, 4) is 0 Å². The van der Waals surface area contributed by atoms with Crippen LogP contribution in [-0.4, -0.2) is 59.9 Å². The normalized spacial score (nSPS) is 15.6. The number of nitrogens with zero attached hydrogens (tertiary/aromatic N) is 2. The number of rotatable bonds is 8. The van der Waals surface area contributed by atoms with Gasteiger partial charge in [0.15, 0.2) is 0 Å². The number of anilines is 1. The van der Waals surface area contributed by atoms with Crippen molar-refractivity contribution in [3.05, 3.63) is 101 Å². The van der Waals surface area contributed by atoms with E-state index in [1.807, 2.05) is 74.6 Å². The Morgan fingerprint density at radius 3 is 2.51 bits per heavy atom. The molecule has 0 saturated carbocycles. The predicted octanol–water partition coefficient (Wildman–Crippen LogP) is 6.24. The molecule has 1 aliphatic rings. The van der Waals surface area contributed by atoms with Crippen LogP contribution in [0, 0.1) is 6.92 Å². The number of carbonyl (C=O) groups excluding carboxylic acids is 2. The fourth-order valence-corrected chi connectivity index (χ4v) is 5.96. The van der Waals surface area contributed by atoms with Gasteiger partial charge >= 0.3 is 6.03 Å². The maximum Gasteiger partial charge on any atom is 0.318 e. The summed E-state index contributed by atoms with van der Waals surface area (Å²) >= 11 is 0. The van der Waals surface area contributed by atoms with Gasteiger partial charge in [0.1, 0.15) is 6.04 Å². The number of benzene rings is 3. The summed E-state index contributed by atoms with van der Waals surface area (Å²) in [6.45, 7) is 6.21. The van der Waals surface area contributed by atoms with Gasteiger partial charge in [-0.3, -0.25) is 4.79 Å². The summed E-state index contributed by atoms with van der Waals surface area (Å²) in [5.41, 5.74) is 6.44. The van der Waals surface area contributed by atoms with E-state index in [4.69, 9.17) is 0 Å². The smallest absolute Gasteiger partial charge is 0.318 e. The molecule has 1 saturated heterocycles. The molecule has 1 aromatic heterocycles. The highest BCUT2D eigenvalue weighted by Gasteiger charge is 2.32. The third kappa shape index (κ3) is 6.80. The van der Waals surface area contributed by atoms with Crippen LogP contribution < -0.4 is 10.6 Å². The van der Waals surface area contributed by atoms with Crippen molar-refractivity contribution in [3.63, 3.8) is 0 Å². The fraction of sp³-hybridized carbons (Fsp3) is 0.353. The third-order valence-electron chi connectivity index (χ3n) is 8.16. The number of aromatic amines is 1. The van der Waals surface area contributed by atoms with Crippen molar-refractivity contribution in [2.75, 3.05) is 32.5 Å². The zero-order valence-corrected chi connectivity index (χ0v) is 24.5. The standard InChI is InChI=1S/C34H41N5O2/c1-23-9-7-11-27(19-23)26-15-17-39(18-16-26)34(41)37-32(24(2)30-21-35-31-14-6-5-13-29(30)31)33(40)36-28-12-8-10-25(20-28)22-38(3)4/h5-14,19-21,24,26,32,35H,15-18,22H2,1-4H3,(H,36,40)(H,37,41). The van der Waals surface area contributed by atoms with E-state index in [-0.39, 0.29) is 17.9 Å². The molecule has 2 atom stereocenters. The van der Waals surface area contributed by atoms with Crippen LogP contribution in [0.4, 0.5) is 10.5 Å². The van der Waals surface area contributed by atoms with E-state index in [2.05, 4.69) is 57.8 Å². The second kappa shape index (κ2) is 12.6. The Hall–Kier alpha value is -4.10. The lowest BCUT2D eigenvalue weighted by atomic mass is 9.89. The number of nitrogens with one attached hydrogen (secondary N) is 3. The lowest BCUT2D eigenvalue weighted by Gasteiger charge is -2.34. The number of piperidine rings is 1. The molecule has 41 heavy (non-hydrogen) atoms. The number of H-pyrrole nitrogens is 1. The van der Waals surface area contributed by atoms with Gasteiger partial charge in [0.05, 0.1) is 0 Å². The first-order chi connectivity index (χ1) is 19.8. The summed E-state index contributed by atoms with van der Waals surface area (Å²) in [7, 11) is 4.03. The Morgan fingerprint density at radius 2 is 1.76 bits per heavy atom. The van der Waals surface area contributed by atoms with Crippen LogP contribution in [0.15, 0.2) is 79.0 Å². The molecule has 4 aromatic rings. The van der Waals surface area contributed by atoms with E-state index < -0.39 is 6.04 Å². The van der Waals surface area contributed by atoms with Gasteiger partial charge in [-0.1, -0.05) is 67.1 Å². The molecule has 7 heteroatoms.